The Hall–Kier alpha value is -2.14. The molecule has 0 aliphatic carbocycles. The molecule has 0 aliphatic heterocycles. The van der Waals surface area contributed by atoms with Gasteiger partial charge in [0.2, 0.25) is 5.76 Å². The van der Waals surface area contributed by atoms with Crippen LogP contribution in [0.2, 0.25) is 0 Å². The third kappa shape index (κ3) is 2.75. The maximum absolute atomic E-state index is 11.7. The quantitative estimate of drug-likeness (QED) is 0.856. The molecule has 5 nitrogen and oxygen atoms in total. The van der Waals surface area contributed by atoms with Crippen molar-refractivity contribution in [2.24, 2.45) is 0 Å². The molecule has 2 rings (SSSR count). The van der Waals surface area contributed by atoms with E-state index in [-0.39, 0.29) is 24.3 Å². The molecule has 0 radical (unpaired) electrons. The molecule has 0 bridgehead atoms. The summed E-state index contributed by atoms with van der Waals surface area (Å²) in [7, 11) is 0. The van der Waals surface area contributed by atoms with Crippen LogP contribution in [0.1, 0.15) is 17.5 Å². The number of aromatic nitrogens is 1. The van der Waals surface area contributed by atoms with E-state index in [1.54, 1.807) is 13.0 Å². The first-order valence-electron chi connectivity index (χ1n) is 5.64. The predicted molar refractivity (Wildman–Crippen MR) is 66.0 cm³/mol. The van der Waals surface area contributed by atoms with E-state index < -0.39 is 0 Å². The number of rotatable bonds is 4. The van der Waals surface area contributed by atoms with E-state index in [2.05, 4.69) is 10.5 Å². The molecule has 0 spiro atoms. The summed E-state index contributed by atoms with van der Waals surface area (Å²) in [5, 5.41) is 15.3. The Balaban J connectivity index is 2.13. The number of benzene rings is 1. The lowest BCUT2D eigenvalue weighted by Gasteiger charge is -2.07. The number of aliphatic hydroxyl groups excluding tert-OH is 1. The molecule has 18 heavy (non-hydrogen) atoms. The summed E-state index contributed by atoms with van der Waals surface area (Å²) in [6, 6.07) is 10.7. The summed E-state index contributed by atoms with van der Waals surface area (Å²) in [5.74, 6) is -0.250. The second-order valence-electron chi connectivity index (χ2n) is 4.00. The minimum absolute atomic E-state index is 0.120. The van der Waals surface area contributed by atoms with E-state index in [1.165, 1.54) is 0 Å². The average Bonchev–Trinajstić information content (AvgIpc) is 2.89. The molecular weight excluding hydrogens is 232 g/mol. The summed E-state index contributed by atoms with van der Waals surface area (Å²) < 4.78 is 4.98. The van der Waals surface area contributed by atoms with Crippen LogP contribution < -0.4 is 5.32 Å². The fourth-order valence-electron chi connectivity index (χ4n) is 1.47. The molecule has 1 atom stereocenters. The molecule has 1 amide bonds. The number of carbonyl (C=O) groups excluding carboxylic acids is 1. The zero-order valence-electron chi connectivity index (χ0n) is 9.96. The Morgan fingerprint density at radius 3 is 2.83 bits per heavy atom. The van der Waals surface area contributed by atoms with Crippen LogP contribution in [0.4, 0.5) is 0 Å². The molecule has 5 heteroatoms. The van der Waals surface area contributed by atoms with Crippen molar-refractivity contribution in [3.05, 3.63) is 42.2 Å². The van der Waals surface area contributed by atoms with Crippen LogP contribution in [0, 0.1) is 0 Å². The maximum atomic E-state index is 11.7. The largest absolute Gasteiger partial charge is 0.394 e. The summed E-state index contributed by atoms with van der Waals surface area (Å²) in [5.41, 5.74) is 1.49. The zero-order valence-corrected chi connectivity index (χ0v) is 9.96. The van der Waals surface area contributed by atoms with Crippen molar-refractivity contribution in [2.75, 3.05) is 6.61 Å². The topological polar surface area (TPSA) is 75.4 Å². The maximum Gasteiger partial charge on any atom is 0.290 e. The average molecular weight is 246 g/mol. The van der Waals surface area contributed by atoms with Gasteiger partial charge in [0.15, 0.2) is 0 Å². The van der Waals surface area contributed by atoms with Gasteiger partial charge in [-0.3, -0.25) is 4.79 Å². The number of nitrogens with one attached hydrogen (secondary N) is 1. The van der Waals surface area contributed by atoms with Crippen LogP contribution in [0.5, 0.6) is 0 Å². The van der Waals surface area contributed by atoms with Gasteiger partial charge in [-0.1, -0.05) is 35.5 Å². The van der Waals surface area contributed by atoms with E-state index in [0.717, 1.165) is 5.56 Å². The molecule has 94 valence electrons. The molecule has 1 aromatic heterocycles. The lowest BCUT2D eigenvalue weighted by Crippen LogP contribution is -2.34. The zero-order chi connectivity index (χ0) is 13.0. The molecule has 2 aromatic rings. The van der Waals surface area contributed by atoms with Crippen LogP contribution in [0.3, 0.4) is 0 Å². The highest BCUT2D eigenvalue weighted by atomic mass is 16.5. The fourth-order valence-corrected chi connectivity index (χ4v) is 1.47. The fraction of sp³-hybridized carbons (Fsp3) is 0.231. The number of nitrogens with zero attached hydrogens (tertiary/aromatic N) is 1. The van der Waals surface area contributed by atoms with Crippen molar-refractivity contribution in [1.82, 2.24) is 10.5 Å². The van der Waals surface area contributed by atoms with Crippen LogP contribution in [0.25, 0.3) is 11.3 Å². The lowest BCUT2D eigenvalue weighted by atomic mass is 10.1. The Morgan fingerprint density at radius 1 is 1.44 bits per heavy atom. The van der Waals surface area contributed by atoms with E-state index >= 15 is 0 Å². The van der Waals surface area contributed by atoms with Crippen molar-refractivity contribution >= 4 is 5.91 Å². The van der Waals surface area contributed by atoms with Gasteiger partial charge in [0, 0.05) is 17.7 Å². The Kier molecular flexibility index (Phi) is 3.74. The van der Waals surface area contributed by atoms with E-state index in [4.69, 9.17) is 9.63 Å². The van der Waals surface area contributed by atoms with Gasteiger partial charge < -0.3 is 14.9 Å². The second-order valence-corrected chi connectivity index (χ2v) is 4.00. The first-order chi connectivity index (χ1) is 8.70. The molecule has 1 heterocycles. The monoisotopic (exact) mass is 246 g/mol. The highest BCUT2D eigenvalue weighted by Gasteiger charge is 2.15. The minimum Gasteiger partial charge on any atom is -0.394 e. The summed E-state index contributed by atoms with van der Waals surface area (Å²) >= 11 is 0. The number of amides is 1. The van der Waals surface area contributed by atoms with Crippen molar-refractivity contribution in [3.8, 4) is 11.3 Å². The highest BCUT2D eigenvalue weighted by Crippen LogP contribution is 2.18. The molecule has 0 unspecified atom stereocenters. The van der Waals surface area contributed by atoms with Crippen molar-refractivity contribution in [1.29, 1.82) is 0 Å². The Morgan fingerprint density at radius 2 is 2.17 bits per heavy atom. The Labute approximate surface area is 104 Å². The molecule has 2 N–H and O–H groups in total. The van der Waals surface area contributed by atoms with Gasteiger partial charge in [0.05, 0.1) is 6.61 Å². The molecule has 1 aromatic carbocycles. The van der Waals surface area contributed by atoms with Crippen molar-refractivity contribution in [3.63, 3.8) is 0 Å². The number of aliphatic hydroxyl groups is 1. The Bertz CT molecular complexity index is 522. The van der Waals surface area contributed by atoms with Crippen LogP contribution in [-0.4, -0.2) is 28.8 Å². The normalized spacial score (nSPS) is 12.1. The highest BCUT2D eigenvalue weighted by molar-refractivity contribution is 5.92. The van der Waals surface area contributed by atoms with Gasteiger partial charge in [0.25, 0.3) is 5.91 Å². The third-order valence-corrected chi connectivity index (χ3v) is 2.45. The van der Waals surface area contributed by atoms with Crippen LogP contribution >= 0.6 is 0 Å². The lowest BCUT2D eigenvalue weighted by molar-refractivity contribution is 0.0885. The van der Waals surface area contributed by atoms with Crippen molar-refractivity contribution < 1.29 is 14.4 Å². The SMILES string of the molecule is C[C@H](CO)NC(=O)c1cc(-c2ccccc2)no1. The first kappa shape index (κ1) is 12.3. The summed E-state index contributed by atoms with van der Waals surface area (Å²) in [6.45, 7) is 1.58. The van der Waals surface area contributed by atoms with Gasteiger partial charge >= 0.3 is 0 Å². The van der Waals surface area contributed by atoms with Gasteiger partial charge in [0.1, 0.15) is 5.69 Å². The number of carbonyl (C=O) groups is 1. The van der Waals surface area contributed by atoms with Gasteiger partial charge in [-0.15, -0.1) is 0 Å². The predicted octanol–water partition coefficient (Wildman–Crippen LogP) is 1.45. The molecule has 0 saturated heterocycles. The van der Waals surface area contributed by atoms with E-state index in [0.29, 0.717) is 5.69 Å². The summed E-state index contributed by atoms with van der Waals surface area (Å²) in [4.78, 5) is 11.7. The first-order valence-corrected chi connectivity index (χ1v) is 5.64. The molecule has 0 aliphatic rings. The van der Waals surface area contributed by atoms with E-state index in [9.17, 15) is 4.79 Å². The minimum atomic E-state index is -0.383. The summed E-state index contributed by atoms with van der Waals surface area (Å²) in [6.07, 6.45) is 0. The molecule has 0 saturated carbocycles. The van der Waals surface area contributed by atoms with Crippen LogP contribution in [0.15, 0.2) is 40.9 Å². The van der Waals surface area contributed by atoms with Crippen LogP contribution in [-0.2, 0) is 0 Å². The number of hydrogen-bond acceptors (Lipinski definition) is 4. The van der Waals surface area contributed by atoms with Crippen molar-refractivity contribution in [2.45, 2.75) is 13.0 Å². The number of hydrogen-bond donors (Lipinski definition) is 2. The smallest absolute Gasteiger partial charge is 0.290 e. The standard InChI is InChI=1S/C13H14N2O3/c1-9(8-16)14-13(17)12-7-11(15-18-12)10-5-3-2-4-6-10/h2-7,9,16H,8H2,1H3,(H,14,17)/t9-/m1/s1. The molecular formula is C13H14N2O3. The van der Waals surface area contributed by atoms with Gasteiger partial charge in [-0.2, -0.15) is 0 Å². The second kappa shape index (κ2) is 5.46. The van der Waals surface area contributed by atoms with E-state index in [1.807, 2.05) is 30.3 Å². The third-order valence-electron chi connectivity index (χ3n) is 2.45. The van der Waals surface area contributed by atoms with Gasteiger partial charge in [-0.25, -0.2) is 0 Å². The van der Waals surface area contributed by atoms with Gasteiger partial charge in [-0.05, 0) is 6.92 Å². The molecule has 0 fully saturated rings.